The van der Waals surface area contributed by atoms with Gasteiger partial charge in [0, 0.05) is 25.9 Å². The summed E-state index contributed by atoms with van der Waals surface area (Å²) in [6.45, 7) is 13.7. The van der Waals surface area contributed by atoms with Gasteiger partial charge in [-0.2, -0.15) is 0 Å². The lowest BCUT2D eigenvalue weighted by molar-refractivity contribution is -0.276. The van der Waals surface area contributed by atoms with Crippen molar-refractivity contribution in [2.75, 3.05) is 7.11 Å². The third kappa shape index (κ3) is 4.17. The van der Waals surface area contributed by atoms with E-state index in [9.17, 15) is 9.90 Å². The molecule has 196 valence electrons. The van der Waals surface area contributed by atoms with Crippen LogP contribution >= 0.6 is 0 Å². The number of rotatable bonds is 7. The van der Waals surface area contributed by atoms with Gasteiger partial charge in [-0.15, -0.1) is 0 Å². The SMILES string of the molecule is CO[C@]12C[C@@H](OC(C)=O)CC[C@]1(C)[C@H]1CC[C@]3(C)[C@@H]([C@H](C)CCCC(C)C)CC[C@H]3[C@@H]1C[C@H]2O. The number of carbonyl (C=O) groups excluding carboxylic acids is 1. The van der Waals surface area contributed by atoms with Crippen LogP contribution in [-0.4, -0.2) is 36.0 Å². The molecule has 0 amide bonds. The highest BCUT2D eigenvalue weighted by Crippen LogP contribution is 2.69. The minimum atomic E-state index is -0.609. The van der Waals surface area contributed by atoms with Crippen molar-refractivity contribution in [3.05, 3.63) is 0 Å². The quantitative estimate of drug-likeness (QED) is 0.412. The second-order valence-electron chi connectivity index (χ2n) is 13.6. The summed E-state index contributed by atoms with van der Waals surface area (Å²) in [5.74, 6) is 4.08. The fraction of sp³-hybridized carbons (Fsp3) is 0.967. The van der Waals surface area contributed by atoms with Crippen molar-refractivity contribution in [1.82, 2.24) is 0 Å². The van der Waals surface area contributed by atoms with Gasteiger partial charge in [-0.1, -0.05) is 53.9 Å². The molecule has 0 spiro atoms. The van der Waals surface area contributed by atoms with Gasteiger partial charge in [0.1, 0.15) is 11.7 Å². The van der Waals surface area contributed by atoms with Crippen LogP contribution in [0.5, 0.6) is 0 Å². The molecule has 0 aromatic carbocycles. The minimum Gasteiger partial charge on any atom is -0.462 e. The predicted octanol–water partition coefficient (Wildman–Crippen LogP) is 6.78. The molecule has 1 N–H and O–H groups in total. The van der Waals surface area contributed by atoms with E-state index in [0.29, 0.717) is 23.7 Å². The Labute approximate surface area is 208 Å². The first-order valence-corrected chi connectivity index (χ1v) is 14.4. The Hall–Kier alpha value is -0.610. The van der Waals surface area contributed by atoms with Crippen LogP contribution in [-0.2, 0) is 14.3 Å². The van der Waals surface area contributed by atoms with E-state index in [2.05, 4.69) is 34.6 Å². The van der Waals surface area contributed by atoms with Crippen molar-refractivity contribution in [3.63, 3.8) is 0 Å². The summed E-state index contributed by atoms with van der Waals surface area (Å²) in [6, 6.07) is 0. The zero-order valence-corrected chi connectivity index (χ0v) is 23.1. The number of hydrogen-bond donors (Lipinski definition) is 1. The number of ether oxygens (including phenoxy) is 2. The van der Waals surface area contributed by atoms with Crippen LogP contribution in [0.25, 0.3) is 0 Å². The molecular weight excluding hydrogens is 424 g/mol. The average molecular weight is 477 g/mol. The van der Waals surface area contributed by atoms with E-state index in [-0.39, 0.29) is 17.5 Å². The van der Waals surface area contributed by atoms with Crippen molar-refractivity contribution < 1.29 is 19.4 Å². The van der Waals surface area contributed by atoms with E-state index in [1.54, 1.807) is 7.11 Å². The zero-order chi connectivity index (χ0) is 24.9. The predicted molar refractivity (Wildman–Crippen MR) is 136 cm³/mol. The third-order valence-electron chi connectivity index (χ3n) is 11.7. The maximum Gasteiger partial charge on any atom is 0.302 e. The number of methoxy groups -OCH3 is 1. The summed E-state index contributed by atoms with van der Waals surface area (Å²) in [5, 5.41) is 11.7. The van der Waals surface area contributed by atoms with E-state index >= 15 is 0 Å². The van der Waals surface area contributed by atoms with Crippen molar-refractivity contribution in [2.45, 2.75) is 130 Å². The van der Waals surface area contributed by atoms with Gasteiger partial charge < -0.3 is 14.6 Å². The maximum atomic E-state index is 11.7. The fourth-order valence-electron chi connectivity index (χ4n) is 10.0. The standard InChI is InChI=1S/C30H52O4/c1-19(2)9-8-10-20(3)24-11-12-25-23-17-27(32)30(33-7)18-22(34-21(4)31)13-16-29(30,6)26(23)14-15-28(24,25)5/h19-20,22-27,32H,8-18H2,1-7H3/t20-,22+,23+,24-,25+,26+,27-,28-,29-,30+/m1/s1. The molecule has 0 aromatic heterocycles. The van der Waals surface area contributed by atoms with Crippen LogP contribution in [0.15, 0.2) is 0 Å². The van der Waals surface area contributed by atoms with Gasteiger partial charge in [0.05, 0.1) is 6.10 Å². The first-order valence-electron chi connectivity index (χ1n) is 14.4. The summed E-state index contributed by atoms with van der Waals surface area (Å²) in [7, 11) is 1.77. The van der Waals surface area contributed by atoms with E-state index in [4.69, 9.17) is 9.47 Å². The second-order valence-corrected chi connectivity index (χ2v) is 13.6. The first-order chi connectivity index (χ1) is 16.0. The van der Waals surface area contributed by atoms with Gasteiger partial charge in [-0.3, -0.25) is 4.79 Å². The number of aliphatic hydroxyl groups is 1. The summed E-state index contributed by atoms with van der Waals surface area (Å²) in [6.07, 6.45) is 12.0. The molecule has 0 unspecified atom stereocenters. The third-order valence-corrected chi connectivity index (χ3v) is 11.7. The number of esters is 1. The highest BCUT2D eigenvalue weighted by Gasteiger charge is 2.68. The van der Waals surface area contributed by atoms with Gasteiger partial charge in [0.2, 0.25) is 0 Å². The molecule has 4 aliphatic rings. The van der Waals surface area contributed by atoms with Gasteiger partial charge in [-0.05, 0) is 85.9 Å². The van der Waals surface area contributed by atoms with Crippen molar-refractivity contribution >= 4 is 5.97 Å². The average Bonchev–Trinajstić information content (AvgIpc) is 3.11. The van der Waals surface area contributed by atoms with Crippen LogP contribution < -0.4 is 0 Å². The van der Waals surface area contributed by atoms with Crippen molar-refractivity contribution in [3.8, 4) is 0 Å². The smallest absolute Gasteiger partial charge is 0.302 e. The second kappa shape index (κ2) is 9.69. The van der Waals surface area contributed by atoms with Gasteiger partial charge in [0.25, 0.3) is 0 Å². The number of hydrogen-bond acceptors (Lipinski definition) is 4. The van der Waals surface area contributed by atoms with E-state index in [1.807, 2.05) is 0 Å². The number of aliphatic hydroxyl groups excluding tert-OH is 1. The maximum absolute atomic E-state index is 11.7. The van der Waals surface area contributed by atoms with Crippen LogP contribution in [0.2, 0.25) is 0 Å². The lowest BCUT2D eigenvalue weighted by Crippen LogP contribution is -2.69. The largest absolute Gasteiger partial charge is 0.462 e. The summed E-state index contributed by atoms with van der Waals surface area (Å²) in [4.78, 5) is 11.7. The lowest BCUT2D eigenvalue weighted by Gasteiger charge is -2.66. The lowest BCUT2D eigenvalue weighted by atomic mass is 9.42. The van der Waals surface area contributed by atoms with Gasteiger partial charge in [-0.25, -0.2) is 0 Å². The summed E-state index contributed by atoms with van der Waals surface area (Å²) < 4.78 is 11.9. The normalized spacial score (nSPS) is 47.0. The van der Waals surface area contributed by atoms with E-state index < -0.39 is 11.7 Å². The van der Waals surface area contributed by atoms with Gasteiger partial charge in [0.15, 0.2) is 0 Å². The molecule has 0 saturated heterocycles. The van der Waals surface area contributed by atoms with Crippen molar-refractivity contribution in [2.24, 2.45) is 46.3 Å². The molecule has 0 heterocycles. The molecule has 0 aromatic rings. The van der Waals surface area contributed by atoms with Gasteiger partial charge >= 0.3 is 5.97 Å². The molecular formula is C30H52O4. The Kier molecular flexibility index (Phi) is 7.54. The molecule has 4 nitrogen and oxygen atoms in total. The van der Waals surface area contributed by atoms with Crippen molar-refractivity contribution in [1.29, 1.82) is 0 Å². The molecule has 4 saturated carbocycles. The monoisotopic (exact) mass is 476 g/mol. The molecule has 0 bridgehead atoms. The molecule has 4 fully saturated rings. The zero-order valence-electron chi connectivity index (χ0n) is 23.1. The fourth-order valence-corrected chi connectivity index (χ4v) is 10.0. The van der Waals surface area contributed by atoms with Crippen LogP contribution in [0.4, 0.5) is 0 Å². The Morgan fingerprint density at radius 1 is 1.03 bits per heavy atom. The summed E-state index contributed by atoms with van der Waals surface area (Å²) in [5.41, 5.74) is -0.262. The molecule has 4 rings (SSSR count). The molecule has 10 atom stereocenters. The van der Waals surface area contributed by atoms with E-state index in [0.717, 1.165) is 42.9 Å². The molecule has 34 heavy (non-hydrogen) atoms. The van der Waals surface area contributed by atoms with Crippen LogP contribution in [0.3, 0.4) is 0 Å². The first kappa shape index (κ1) is 26.5. The summed E-state index contributed by atoms with van der Waals surface area (Å²) >= 11 is 0. The number of fused-ring (bicyclic) bond motifs is 5. The topological polar surface area (TPSA) is 55.8 Å². The number of carbonyl (C=O) groups is 1. The molecule has 4 aliphatic carbocycles. The Balaban J connectivity index is 1.54. The molecule has 0 aliphatic heterocycles. The Bertz CT molecular complexity index is 735. The van der Waals surface area contributed by atoms with E-state index in [1.165, 1.54) is 51.9 Å². The van der Waals surface area contributed by atoms with Crippen LogP contribution in [0.1, 0.15) is 112 Å². The molecule has 0 radical (unpaired) electrons. The highest BCUT2D eigenvalue weighted by atomic mass is 16.5. The Morgan fingerprint density at radius 2 is 1.76 bits per heavy atom. The van der Waals surface area contributed by atoms with Crippen LogP contribution in [0, 0.1) is 46.3 Å². The Morgan fingerprint density at radius 3 is 2.41 bits per heavy atom. The molecule has 4 heteroatoms. The highest BCUT2D eigenvalue weighted by molar-refractivity contribution is 5.66. The minimum absolute atomic E-state index is 0.0664.